The molecule has 0 N–H and O–H groups in total. The van der Waals surface area contributed by atoms with Crippen LogP contribution in [0.15, 0.2) is 0 Å². The van der Waals surface area contributed by atoms with Crippen LogP contribution in [-0.2, 0) is 26.6 Å². The first-order valence-corrected chi connectivity index (χ1v) is 16.3. The van der Waals surface area contributed by atoms with Gasteiger partial charge in [0.2, 0.25) is 0 Å². The van der Waals surface area contributed by atoms with E-state index >= 15 is 0 Å². The van der Waals surface area contributed by atoms with E-state index in [1.165, 1.54) is 0 Å². The molecule has 0 aliphatic carbocycles. The zero-order valence-corrected chi connectivity index (χ0v) is 19.4. The predicted molar refractivity (Wildman–Crippen MR) is 98.9 cm³/mol. The maximum atomic E-state index is 6.08. The van der Waals surface area contributed by atoms with Crippen molar-refractivity contribution in [2.45, 2.75) is 59.0 Å². The lowest BCUT2D eigenvalue weighted by molar-refractivity contribution is -0.0876. The van der Waals surface area contributed by atoms with E-state index in [0.29, 0.717) is 5.92 Å². The molecule has 0 aliphatic rings. The van der Waals surface area contributed by atoms with Gasteiger partial charge in [0.25, 0.3) is 0 Å². The highest BCUT2D eigenvalue weighted by Crippen LogP contribution is 2.22. The molecule has 0 saturated carbocycles. The van der Waals surface area contributed by atoms with Gasteiger partial charge >= 0.3 is 17.4 Å². The van der Waals surface area contributed by atoms with Crippen LogP contribution in [0.5, 0.6) is 0 Å². The Labute approximate surface area is 145 Å². The SMILES string of the molecule is CCC(C)C[Si](OC)(OC)OCOCO[Si](C)(C)O[Si](C)(C)C. The van der Waals surface area contributed by atoms with Crippen molar-refractivity contribution in [3.63, 3.8) is 0 Å². The summed E-state index contributed by atoms with van der Waals surface area (Å²) in [5.41, 5.74) is 0. The van der Waals surface area contributed by atoms with Crippen molar-refractivity contribution in [3.05, 3.63) is 0 Å². The minimum atomic E-state index is -2.66. The molecular formula is C14H36O6Si3. The second-order valence-corrected chi connectivity index (χ2v) is 18.2. The van der Waals surface area contributed by atoms with Crippen LogP contribution in [0.1, 0.15) is 20.3 Å². The first-order chi connectivity index (χ1) is 10.5. The lowest BCUT2D eigenvalue weighted by Crippen LogP contribution is -2.46. The van der Waals surface area contributed by atoms with Gasteiger partial charge in [-0.25, -0.2) is 0 Å². The Hall–Kier alpha value is 0.411. The minimum Gasteiger partial charge on any atom is -0.436 e. The molecule has 0 heterocycles. The van der Waals surface area contributed by atoms with E-state index in [4.69, 9.17) is 26.6 Å². The van der Waals surface area contributed by atoms with Crippen molar-refractivity contribution in [1.82, 2.24) is 0 Å². The maximum Gasteiger partial charge on any atom is 0.502 e. The van der Waals surface area contributed by atoms with E-state index < -0.39 is 25.7 Å². The largest absolute Gasteiger partial charge is 0.502 e. The van der Waals surface area contributed by atoms with Crippen molar-refractivity contribution in [2.24, 2.45) is 5.92 Å². The first kappa shape index (κ1) is 23.4. The summed E-state index contributed by atoms with van der Waals surface area (Å²) in [6.45, 7) is 15.1. The molecule has 140 valence electrons. The van der Waals surface area contributed by atoms with Crippen LogP contribution in [0.25, 0.3) is 0 Å². The van der Waals surface area contributed by atoms with Crippen molar-refractivity contribution in [2.75, 3.05) is 27.8 Å². The average Bonchev–Trinajstić information content (AvgIpc) is 2.42. The summed E-state index contributed by atoms with van der Waals surface area (Å²) in [5.74, 6) is 0.481. The third-order valence-electron chi connectivity index (χ3n) is 3.32. The molecule has 6 nitrogen and oxygen atoms in total. The monoisotopic (exact) mass is 384 g/mol. The molecule has 9 heteroatoms. The summed E-state index contributed by atoms with van der Waals surface area (Å²) in [4.78, 5) is 0. The van der Waals surface area contributed by atoms with Gasteiger partial charge in [0, 0.05) is 20.3 Å². The van der Waals surface area contributed by atoms with E-state index in [1.54, 1.807) is 14.2 Å². The number of hydrogen-bond acceptors (Lipinski definition) is 6. The molecule has 0 aliphatic heterocycles. The molecule has 0 radical (unpaired) electrons. The fraction of sp³-hybridized carbons (Fsp3) is 1.00. The molecule has 0 amide bonds. The molecule has 0 rings (SSSR count). The van der Waals surface area contributed by atoms with Crippen molar-refractivity contribution >= 4 is 25.7 Å². The van der Waals surface area contributed by atoms with E-state index in [-0.39, 0.29) is 13.6 Å². The Kier molecular flexibility index (Phi) is 10.6. The fourth-order valence-corrected chi connectivity index (χ4v) is 10.9. The zero-order chi connectivity index (χ0) is 18.1. The highest BCUT2D eigenvalue weighted by Gasteiger charge is 2.40. The summed E-state index contributed by atoms with van der Waals surface area (Å²) < 4.78 is 34.2. The van der Waals surface area contributed by atoms with Gasteiger partial charge in [0.1, 0.15) is 13.6 Å². The predicted octanol–water partition coefficient (Wildman–Crippen LogP) is 3.78. The summed E-state index contributed by atoms with van der Waals surface area (Å²) in [6, 6.07) is 0.777. The molecule has 0 bridgehead atoms. The van der Waals surface area contributed by atoms with E-state index in [9.17, 15) is 0 Å². The summed E-state index contributed by atoms with van der Waals surface area (Å²) in [6.07, 6.45) is 1.06. The van der Waals surface area contributed by atoms with Crippen molar-refractivity contribution < 1.29 is 26.6 Å². The molecule has 0 aromatic rings. The Morgan fingerprint density at radius 2 is 1.39 bits per heavy atom. The Morgan fingerprint density at radius 1 is 0.870 bits per heavy atom. The van der Waals surface area contributed by atoms with E-state index in [0.717, 1.165) is 12.5 Å². The molecule has 1 unspecified atom stereocenters. The van der Waals surface area contributed by atoms with Crippen LogP contribution in [-0.4, -0.2) is 53.5 Å². The van der Waals surface area contributed by atoms with Gasteiger partial charge in [-0.2, -0.15) is 0 Å². The van der Waals surface area contributed by atoms with Gasteiger partial charge < -0.3 is 26.6 Å². The van der Waals surface area contributed by atoms with Crippen LogP contribution in [0.3, 0.4) is 0 Å². The molecule has 23 heavy (non-hydrogen) atoms. The molecule has 0 saturated heterocycles. The number of ether oxygens (including phenoxy) is 1. The van der Waals surface area contributed by atoms with Gasteiger partial charge in [0.15, 0.2) is 8.32 Å². The number of rotatable bonds is 13. The van der Waals surface area contributed by atoms with Gasteiger partial charge in [-0.05, 0) is 38.7 Å². The highest BCUT2D eigenvalue weighted by molar-refractivity contribution is 6.81. The van der Waals surface area contributed by atoms with Crippen LogP contribution in [0, 0.1) is 5.92 Å². The third kappa shape index (κ3) is 10.8. The average molecular weight is 385 g/mol. The second-order valence-electron chi connectivity index (χ2n) is 7.15. The van der Waals surface area contributed by atoms with Crippen LogP contribution in [0.2, 0.25) is 38.8 Å². The highest BCUT2D eigenvalue weighted by atomic mass is 28.4. The third-order valence-corrected chi connectivity index (χ3v) is 11.5. The Morgan fingerprint density at radius 3 is 1.83 bits per heavy atom. The number of hydrogen-bond donors (Lipinski definition) is 0. The first-order valence-electron chi connectivity index (χ1n) is 8.15. The van der Waals surface area contributed by atoms with Crippen LogP contribution >= 0.6 is 0 Å². The topological polar surface area (TPSA) is 55.4 Å². The minimum absolute atomic E-state index is 0.0990. The van der Waals surface area contributed by atoms with Crippen LogP contribution in [0.4, 0.5) is 0 Å². The van der Waals surface area contributed by atoms with Crippen LogP contribution < -0.4 is 0 Å². The standard InChI is InChI=1S/C14H36O6Si3/c1-10-14(2)11-23(15-3,16-4)19-13-17-12-18-22(8,9)20-21(5,6)7/h14H,10-13H2,1-9H3. The summed E-state index contributed by atoms with van der Waals surface area (Å²) in [7, 11) is -3.15. The second kappa shape index (κ2) is 10.4. The van der Waals surface area contributed by atoms with Gasteiger partial charge in [-0.1, -0.05) is 20.3 Å². The van der Waals surface area contributed by atoms with E-state index in [2.05, 4.69) is 33.5 Å². The van der Waals surface area contributed by atoms with Gasteiger partial charge in [-0.3, -0.25) is 0 Å². The zero-order valence-electron chi connectivity index (χ0n) is 16.4. The lowest BCUT2D eigenvalue weighted by atomic mass is 10.2. The molecule has 0 fully saturated rings. The van der Waals surface area contributed by atoms with Crippen molar-refractivity contribution in [1.29, 1.82) is 0 Å². The van der Waals surface area contributed by atoms with Crippen molar-refractivity contribution in [3.8, 4) is 0 Å². The summed E-state index contributed by atoms with van der Waals surface area (Å²) in [5, 5.41) is 0. The Bertz CT molecular complexity index is 318. The smallest absolute Gasteiger partial charge is 0.436 e. The molecule has 0 spiro atoms. The molecule has 1 atom stereocenters. The normalized spacial score (nSPS) is 15.0. The van der Waals surface area contributed by atoms with E-state index in [1.807, 2.05) is 13.1 Å². The molecular weight excluding hydrogens is 348 g/mol. The Balaban J connectivity index is 4.21. The van der Waals surface area contributed by atoms with Gasteiger partial charge in [0.05, 0.1) is 0 Å². The quantitative estimate of drug-likeness (QED) is 0.274. The summed E-state index contributed by atoms with van der Waals surface area (Å²) >= 11 is 0. The molecule has 0 aromatic carbocycles. The maximum absolute atomic E-state index is 6.08. The lowest BCUT2D eigenvalue weighted by Gasteiger charge is -2.31. The molecule has 0 aromatic heterocycles. The van der Waals surface area contributed by atoms with Gasteiger partial charge in [-0.15, -0.1) is 0 Å². The fourth-order valence-electron chi connectivity index (χ4n) is 2.11.